The molecule has 1 unspecified atom stereocenters. The Morgan fingerprint density at radius 1 is 1.37 bits per heavy atom. The second-order valence-electron chi connectivity index (χ2n) is 4.43. The van der Waals surface area contributed by atoms with Gasteiger partial charge in [-0.05, 0) is 59.1 Å². The van der Waals surface area contributed by atoms with Gasteiger partial charge in [0.25, 0.3) is 5.91 Å². The molecule has 0 radical (unpaired) electrons. The number of nitrogens with one attached hydrogen (secondary N) is 1. The topological polar surface area (TPSA) is 55.1 Å². The highest BCUT2D eigenvalue weighted by molar-refractivity contribution is 9.11. The monoisotopic (exact) mass is 338 g/mol. The van der Waals surface area contributed by atoms with Gasteiger partial charge in [-0.3, -0.25) is 4.79 Å². The molecule has 0 aliphatic rings. The van der Waals surface area contributed by atoms with Crippen LogP contribution < -0.4 is 11.1 Å². The molecule has 5 heteroatoms. The van der Waals surface area contributed by atoms with Gasteiger partial charge < -0.3 is 11.1 Å². The summed E-state index contributed by atoms with van der Waals surface area (Å²) in [6, 6.07) is 9.37. The first-order valence-corrected chi connectivity index (χ1v) is 7.50. The van der Waals surface area contributed by atoms with Crippen molar-refractivity contribution in [3.63, 3.8) is 0 Å². The van der Waals surface area contributed by atoms with Crippen LogP contribution in [0.15, 0.2) is 34.1 Å². The maximum Gasteiger partial charge on any atom is 0.261 e. The average Bonchev–Trinajstić information content (AvgIpc) is 2.70. The van der Waals surface area contributed by atoms with E-state index in [9.17, 15) is 4.79 Å². The quantitative estimate of drug-likeness (QED) is 0.834. The highest BCUT2D eigenvalue weighted by atomic mass is 79.9. The van der Waals surface area contributed by atoms with Crippen molar-refractivity contribution in [1.82, 2.24) is 5.32 Å². The maximum atomic E-state index is 12.1. The highest BCUT2D eigenvalue weighted by Crippen LogP contribution is 2.27. The third kappa shape index (κ3) is 3.36. The second-order valence-corrected chi connectivity index (χ2v) is 6.80. The summed E-state index contributed by atoms with van der Waals surface area (Å²) in [4.78, 5) is 12.8. The number of hydrogen-bond acceptors (Lipinski definition) is 3. The molecule has 2 rings (SSSR count). The number of nitrogens with two attached hydrogens (primary N) is 1. The second kappa shape index (κ2) is 5.75. The van der Waals surface area contributed by atoms with Gasteiger partial charge in [-0.15, -0.1) is 11.3 Å². The Kier molecular flexibility index (Phi) is 4.27. The van der Waals surface area contributed by atoms with Gasteiger partial charge in [-0.1, -0.05) is 12.1 Å². The van der Waals surface area contributed by atoms with E-state index in [2.05, 4.69) is 21.2 Å². The van der Waals surface area contributed by atoms with Crippen LogP contribution in [0.4, 0.5) is 5.69 Å². The molecule has 1 amide bonds. The molecule has 19 heavy (non-hydrogen) atoms. The van der Waals surface area contributed by atoms with Gasteiger partial charge in [0.05, 0.1) is 14.7 Å². The third-order valence-electron chi connectivity index (χ3n) is 2.87. The first kappa shape index (κ1) is 14.1. The minimum Gasteiger partial charge on any atom is -0.399 e. The van der Waals surface area contributed by atoms with Crippen LogP contribution in [0, 0.1) is 6.92 Å². The van der Waals surface area contributed by atoms with Crippen molar-refractivity contribution in [2.75, 3.05) is 5.73 Å². The number of amides is 1. The van der Waals surface area contributed by atoms with Crippen molar-refractivity contribution in [1.29, 1.82) is 0 Å². The lowest BCUT2D eigenvalue weighted by molar-refractivity contribution is 0.0944. The lowest BCUT2D eigenvalue weighted by Crippen LogP contribution is -2.25. The number of rotatable bonds is 3. The fourth-order valence-electron chi connectivity index (χ4n) is 1.71. The molecular weight excluding hydrogens is 324 g/mol. The van der Waals surface area contributed by atoms with Crippen LogP contribution in [-0.4, -0.2) is 5.91 Å². The minimum absolute atomic E-state index is 0.0470. The van der Waals surface area contributed by atoms with Crippen molar-refractivity contribution in [3.8, 4) is 0 Å². The van der Waals surface area contributed by atoms with Gasteiger partial charge in [0.1, 0.15) is 0 Å². The zero-order chi connectivity index (χ0) is 14.0. The van der Waals surface area contributed by atoms with E-state index in [1.54, 1.807) is 0 Å². The van der Waals surface area contributed by atoms with E-state index in [0.29, 0.717) is 4.88 Å². The van der Waals surface area contributed by atoms with Gasteiger partial charge >= 0.3 is 0 Å². The largest absolute Gasteiger partial charge is 0.399 e. The smallest absolute Gasteiger partial charge is 0.261 e. The van der Waals surface area contributed by atoms with Crippen molar-refractivity contribution in [3.05, 3.63) is 50.1 Å². The summed E-state index contributed by atoms with van der Waals surface area (Å²) in [6.45, 7) is 3.93. The Labute approximate surface area is 125 Å². The first-order chi connectivity index (χ1) is 8.97. The molecule has 1 aromatic carbocycles. The van der Waals surface area contributed by atoms with E-state index in [-0.39, 0.29) is 11.9 Å². The standard InChI is InChI=1S/C14H15BrN2OS/c1-8-7-12(19-13(8)15)14(18)17-9(2)10-3-5-11(16)6-4-10/h3-7,9H,16H2,1-2H3,(H,17,18). The zero-order valence-electron chi connectivity index (χ0n) is 10.7. The molecule has 2 aromatic rings. The van der Waals surface area contributed by atoms with Gasteiger partial charge in [-0.25, -0.2) is 0 Å². The van der Waals surface area contributed by atoms with Crippen molar-refractivity contribution >= 4 is 38.9 Å². The minimum atomic E-state index is -0.0527. The van der Waals surface area contributed by atoms with Crippen LogP contribution in [0.25, 0.3) is 0 Å². The lowest BCUT2D eigenvalue weighted by Gasteiger charge is -2.13. The summed E-state index contributed by atoms with van der Waals surface area (Å²) < 4.78 is 0.998. The predicted octanol–water partition coefficient (Wildman–Crippen LogP) is 3.89. The summed E-state index contributed by atoms with van der Waals surface area (Å²) in [6.07, 6.45) is 0. The number of benzene rings is 1. The average molecular weight is 339 g/mol. The Bertz CT molecular complexity index is 572. The van der Waals surface area contributed by atoms with E-state index in [1.807, 2.05) is 44.2 Å². The van der Waals surface area contributed by atoms with Crippen LogP contribution in [0.2, 0.25) is 0 Å². The number of hydrogen-bond donors (Lipinski definition) is 2. The van der Waals surface area contributed by atoms with Crippen molar-refractivity contribution in [2.24, 2.45) is 0 Å². The number of carbonyl (C=O) groups is 1. The number of carbonyl (C=O) groups excluding carboxylic acids is 1. The molecular formula is C14H15BrN2OS. The summed E-state index contributed by atoms with van der Waals surface area (Å²) in [5.41, 5.74) is 8.49. The fourth-order valence-corrected chi connectivity index (χ4v) is 3.15. The summed E-state index contributed by atoms with van der Waals surface area (Å²) in [7, 11) is 0. The molecule has 0 spiro atoms. The Hall–Kier alpha value is -1.33. The van der Waals surface area contributed by atoms with Crippen LogP contribution >= 0.6 is 27.3 Å². The van der Waals surface area contributed by atoms with E-state index in [4.69, 9.17) is 5.73 Å². The number of nitrogen functional groups attached to an aromatic ring is 1. The van der Waals surface area contributed by atoms with Gasteiger partial charge in [-0.2, -0.15) is 0 Å². The first-order valence-electron chi connectivity index (χ1n) is 5.89. The van der Waals surface area contributed by atoms with Crippen molar-refractivity contribution in [2.45, 2.75) is 19.9 Å². The predicted molar refractivity (Wildman–Crippen MR) is 83.5 cm³/mol. The molecule has 0 aliphatic heterocycles. The van der Waals surface area contributed by atoms with Gasteiger partial charge in [0.2, 0.25) is 0 Å². The number of anilines is 1. The van der Waals surface area contributed by atoms with Crippen LogP contribution in [0.3, 0.4) is 0 Å². The van der Waals surface area contributed by atoms with Crippen LogP contribution in [-0.2, 0) is 0 Å². The molecule has 100 valence electrons. The van der Waals surface area contributed by atoms with E-state index >= 15 is 0 Å². The number of halogens is 1. The number of aryl methyl sites for hydroxylation is 1. The SMILES string of the molecule is Cc1cc(C(=O)NC(C)c2ccc(N)cc2)sc1Br. The van der Waals surface area contributed by atoms with Gasteiger partial charge in [0.15, 0.2) is 0 Å². The Morgan fingerprint density at radius 3 is 2.53 bits per heavy atom. The maximum absolute atomic E-state index is 12.1. The molecule has 0 bridgehead atoms. The molecule has 0 fully saturated rings. The van der Waals surface area contributed by atoms with Gasteiger partial charge in [0, 0.05) is 5.69 Å². The van der Waals surface area contributed by atoms with Crippen LogP contribution in [0.5, 0.6) is 0 Å². The molecule has 3 N–H and O–H groups in total. The summed E-state index contributed by atoms with van der Waals surface area (Å²) in [5.74, 6) is -0.0527. The highest BCUT2D eigenvalue weighted by Gasteiger charge is 2.14. The fraction of sp³-hybridized carbons (Fsp3) is 0.214. The van der Waals surface area contributed by atoms with Crippen LogP contribution in [0.1, 0.15) is 33.8 Å². The lowest BCUT2D eigenvalue weighted by atomic mass is 10.1. The summed E-state index contributed by atoms with van der Waals surface area (Å²) in [5, 5.41) is 2.98. The van der Waals surface area contributed by atoms with Crippen molar-refractivity contribution < 1.29 is 4.79 Å². The molecule has 1 heterocycles. The van der Waals surface area contributed by atoms with E-state index in [1.165, 1.54) is 11.3 Å². The number of thiophene rings is 1. The molecule has 3 nitrogen and oxygen atoms in total. The van der Waals surface area contributed by atoms with E-state index < -0.39 is 0 Å². The molecule has 0 aliphatic carbocycles. The Morgan fingerprint density at radius 2 is 2.00 bits per heavy atom. The molecule has 0 saturated heterocycles. The van der Waals surface area contributed by atoms with E-state index in [0.717, 1.165) is 20.6 Å². The molecule has 1 aromatic heterocycles. The summed E-state index contributed by atoms with van der Waals surface area (Å²) >= 11 is 4.87. The Balaban J connectivity index is 2.08. The normalized spacial score (nSPS) is 12.2. The molecule has 1 atom stereocenters. The third-order valence-corrected chi connectivity index (χ3v) is 5.00. The molecule has 0 saturated carbocycles. The zero-order valence-corrected chi connectivity index (χ0v) is 13.1.